The quantitative estimate of drug-likeness (QED) is 0.496. The van der Waals surface area contributed by atoms with Gasteiger partial charge in [0.25, 0.3) is 17.5 Å². The van der Waals surface area contributed by atoms with Crippen molar-refractivity contribution in [3.63, 3.8) is 0 Å². The van der Waals surface area contributed by atoms with Crippen molar-refractivity contribution in [1.82, 2.24) is 4.98 Å². The topological polar surface area (TPSA) is 114 Å². The number of amides is 2. The second-order valence-electron chi connectivity index (χ2n) is 5.62. The fraction of sp³-hybridized carbons (Fsp3) is 0. The summed E-state index contributed by atoms with van der Waals surface area (Å²) >= 11 is 6.00. The van der Waals surface area contributed by atoms with Crippen LogP contribution in [0.5, 0.6) is 0 Å². The summed E-state index contributed by atoms with van der Waals surface area (Å²) in [6, 6.07) is 13.3. The maximum absolute atomic E-state index is 12.6. The van der Waals surface area contributed by atoms with Crippen LogP contribution in [0.3, 0.4) is 0 Å². The van der Waals surface area contributed by atoms with Gasteiger partial charge in [-0.1, -0.05) is 23.7 Å². The molecule has 1 heterocycles. The van der Waals surface area contributed by atoms with Crippen molar-refractivity contribution in [1.29, 1.82) is 0 Å². The number of nitro groups is 1. The molecule has 3 rings (SSSR count). The zero-order valence-electron chi connectivity index (χ0n) is 14.3. The minimum Gasteiger partial charge on any atom is -0.321 e. The van der Waals surface area contributed by atoms with Crippen molar-refractivity contribution in [3.05, 3.63) is 93.3 Å². The zero-order valence-corrected chi connectivity index (χ0v) is 15.0. The molecule has 0 aliphatic rings. The summed E-state index contributed by atoms with van der Waals surface area (Å²) in [7, 11) is 0. The van der Waals surface area contributed by atoms with Crippen molar-refractivity contribution < 1.29 is 14.5 Å². The number of anilines is 2. The lowest BCUT2D eigenvalue weighted by Gasteiger charge is -2.12. The van der Waals surface area contributed by atoms with Gasteiger partial charge in [-0.3, -0.25) is 24.7 Å². The predicted molar refractivity (Wildman–Crippen MR) is 105 cm³/mol. The van der Waals surface area contributed by atoms with Gasteiger partial charge in [0.15, 0.2) is 0 Å². The minimum absolute atomic E-state index is 0.0559. The standard InChI is InChI=1S/C19H13ClN4O4/c20-16-8-7-13(24(27)28)10-15(16)19(26)23-17-6-2-1-5-14(17)18(25)22-12-4-3-9-21-11-12/h1-11H,(H,22,25)(H,23,26). The van der Waals surface area contributed by atoms with Crippen LogP contribution in [0.15, 0.2) is 67.0 Å². The molecule has 0 unspecified atom stereocenters. The van der Waals surface area contributed by atoms with Crippen LogP contribution in [0.1, 0.15) is 20.7 Å². The third kappa shape index (κ3) is 4.30. The smallest absolute Gasteiger partial charge is 0.270 e. The molecule has 2 N–H and O–H groups in total. The Labute approximate surface area is 164 Å². The summed E-state index contributed by atoms with van der Waals surface area (Å²) in [4.78, 5) is 39.4. The molecule has 0 saturated heterocycles. The van der Waals surface area contributed by atoms with Crippen LogP contribution in [0, 0.1) is 10.1 Å². The Morgan fingerprint density at radius 3 is 2.43 bits per heavy atom. The third-order valence-electron chi connectivity index (χ3n) is 3.74. The van der Waals surface area contributed by atoms with Gasteiger partial charge >= 0.3 is 0 Å². The van der Waals surface area contributed by atoms with E-state index in [1.807, 2.05) is 0 Å². The summed E-state index contributed by atoms with van der Waals surface area (Å²) in [5, 5.41) is 16.2. The van der Waals surface area contributed by atoms with Gasteiger partial charge in [-0.25, -0.2) is 0 Å². The van der Waals surface area contributed by atoms with Crippen molar-refractivity contribution in [3.8, 4) is 0 Å². The second-order valence-corrected chi connectivity index (χ2v) is 6.02. The molecule has 8 nitrogen and oxygen atoms in total. The monoisotopic (exact) mass is 396 g/mol. The number of hydrogen-bond donors (Lipinski definition) is 2. The molecule has 0 aliphatic carbocycles. The average Bonchev–Trinajstić information content (AvgIpc) is 2.69. The minimum atomic E-state index is -0.671. The van der Waals surface area contributed by atoms with Crippen molar-refractivity contribution >= 4 is 40.5 Å². The van der Waals surface area contributed by atoms with E-state index in [-0.39, 0.29) is 27.5 Å². The Bertz CT molecular complexity index is 1060. The van der Waals surface area contributed by atoms with E-state index in [9.17, 15) is 19.7 Å². The van der Waals surface area contributed by atoms with Gasteiger partial charge in [0.05, 0.1) is 38.6 Å². The lowest BCUT2D eigenvalue weighted by Crippen LogP contribution is -2.18. The lowest BCUT2D eigenvalue weighted by molar-refractivity contribution is -0.384. The predicted octanol–water partition coefficient (Wildman–Crippen LogP) is 4.15. The lowest BCUT2D eigenvalue weighted by atomic mass is 10.1. The van der Waals surface area contributed by atoms with E-state index in [0.29, 0.717) is 5.69 Å². The highest BCUT2D eigenvalue weighted by Crippen LogP contribution is 2.24. The molecule has 2 aromatic carbocycles. The highest BCUT2D eigenvalue weighted by molar-refractivity contribution is 6.34. The molecule has 3 aromatic rings. The van der Waals surface area contributed by atoms with Gasteiger partial charge in [-0.05, 0) is 30.3 Å². The molecule has 140 valence electrons. The Hall–Kier alpha value is -3.78. The molecule has 0 fully saturated rings. The van der Waals surface area contributed by atoms with Crippen LogP contribution in [-0.4, -0.2) is 21.7 Å². The first-order valence-corrected chi connectivity index (χ1v) is 8.39. The van der Waals surface area contributed by atoms with Gasteiger partial charge in [0, 0.05) is 18.3 Å². The molecule has 9 heteroatoms. The van der Waals surface area contributed by atoms with E-state index < -0.39 is 16.7 Å². The van der Waals surface area contributed by atoms with Crippen LogP contribution >= 0.6 is 11.6 Å². The molecular formula is C19H13ClN4O4. The summed E-state index contributed by atoms with van der Waals surface area (Å²) in [6.07, 6.45) is 3.06. The first kappa shape index (κ1) is 19.0. The first-order chi connectivity index (χ1) is 13.5. The molecule has 0 saturated carbocycles. The van der Waals surface area contributed by atoms with Crippen molar-refractivity contribution in [2.45, 2.75) is 0 Å². The number of non-ortho nitro benzene ring substituents is 1. The highest BCUT2D eigenvalue weighted by Gasteiger charge is 2.18. The van der Waals surface area contributed by atoms with Gasteiger partial charge in [0.2, 0.25) is 0 Å². The Kier molecular flexibility index (Phi) is 5.61. The Morgan fingerprint density at radius 2 is 1.71 bits per heavy atom. The number of carbonyl (C=O) groups excluding carboxylic acids is 2. The van der Waals surface area contributed by atoms with Gasteiger partial charge in [0.1, 0.15) is 0 Å². The molecule has 0 radical (unpaired) electrons. The number of nitrogens with one attached hydrogen (secondary N) is 2. The van der Waals surface area contributed by atoms with E-state index >= 15 is 0 Å². The molecular weight excluding hydrogens is 384 g/mol. The van der Waals surface area contributed by atoms with Crippen LogP contribution in [0.2, 0.25) is 5.02 Å². The number of nitro benzene ring substituents is 1. The molecule has 2 amide bonds. The number of nitrogens with zero attached hydrogens (tertiary/aromatic N) is 2. The van der Waals surface area contributed by atoms with Crippen LogP contribution in [0.4, 0.5) is 17.1 Å². The van der Waals surface area contributed by atoms with E-state index in [1.54, 1.807) is 36.5 Å². The summed E-state index contributed by atoms with van der Waals surface area (Å²) in [6.45, 7) is 0. The summed E-state index contributed by atoms with van der Waals surface area (Å²) in [5.74, 6) is -1.12. The molecule has 0 spiro atoms. The fourth-order valence-corrected chi connectivity index (χ4v) is 2.62. The number of aromatic nitrogens is 1. The maximum Gasteiger partial charge on any atom is 0.270 e. The van der Waals surface area contributed by atoms with Gasteiger partial charge < -0.3 is 10.6 Å². The van der Waals surface area contributed by atoms with E-state index in [4.69, 9.17) is 11.6 Å². The summed E-state index contributed by atoms with van der Waals surface area (Å²) < 4.78 is 0. The largest absolute Gasteiger partial charge is 0.321 e. The second kappa shape index (κ2) is 8.28. The van der Waals surface area contributed by atoms with E-state index in [1.165, 1.54) is 24.4 Å². The third-order valence-corrected chi connectivity index (χ3v) is 4.07. The number of benzene rings is 2. The number of carbonyl (C=O) groups is 2. The Morgan fingerprint density at radius 1 is 0.964 bits per heavy atom. The molecule has 1 aromatic heterocycles. The number of hydrogen-bond acceptors (Lipinski definition) is 5. The number of para-hydroxylation sites is 1. The van der Waals surface area contributed by atoms with Crippen LogP contribution in [-0.2, 0) is 0 Å². The zero-order chi connectivity index (χ0) is 20.1. The molecule has 0 aliphatic heterocycles. The number of halogens is 1. The molecule has 0 atom stereocenters. The fourth-order valence-electron chi connectivity index (χ4n) is 2.42. The van der Waals surface area contributed by atoms with Gasteiger partial charge in [-0.2, -0.15) is 0 Å². The molecule has 0 bridgehead atoms. The number of rotatable bonds is 5. The average molecular weight is 397 g/mol. The highest BCUT2D eigenvalue weighted by atomic mass is 35.5. The van der Waals surface area contributed by atoms with Crippen LogP contribution in [0.25, 0.3) is 0 Å². The summed E-state index contributed by atoms with van der Waals surface area (Å²) in [5.41, 5.74) is 0.601. The van der Waals surface area contributed by atoms with Crippen molar-refractivity contribution in [2.24, 2.45) is 0 Å². The Balaban J connectivity index is 1.85. The van der Waals surface area contributed by atoms with E-state index in [2.05, 4.69) is 15.6 Å². The van der Waals surface area contributed by atoms with Crippen molar-refractivity contribution in [2.75, 3.05) is 10.6 Å². The first-order valence-electron chi connectivity index (χ1n) is 8.01. The maximum atomic E-state index is 12.6. The molecule has 28 heavy (non-hydrogen) atoms. The van der Waals surface area contributed by atoms with Gasteiger partial charge in [-0.15, -0.1) is 0 Å². The van der Waals surface area contributed by atoms with Crippen LogP contribution < -0.4 is 10.6 Å². The number of pyridine rings is 1. The normalized spacial score (nSPS) is 10.2. The SMILES string of the molecule is O=C(Nc1ccccc1C(=O)Nc1cccnc1)c1cc([N+](=O)[O-])ccc1Cl. The van der Waals surface area contributed by atoms with E-state index in [0.717, 1.165) is 6.07 Å².